The van der Waals surface area contributed by atoms with Gasteiger partial charge >= 0.3 is 0 Å². The van der Waals surface area contributed by atoms with E-state index in [4.69, 9.17) is 11.6 Å². The molecule has 3 rings (SSSR count). The summed E-state index contributed by atoms with van der Waals surface area (Å²) in [6, 6.07) is 13.5. The van der Waals surface area contributed by atoms with Gasteiger partial charge in [0, 0.05) is 12.1 Å². The van der Waals surface area contributed by atoms with Crippen LogP contribution in [0.15, 0.2) is 52.4 Å². The van der Waals surface area contributed by atoms with Gasteiger partial charge in [-0.2, -0.15) is 0 Å². The van der Waals surface area contributed by atoms with Crippen molar-refractivity contribution in [2.75, 3.05) is 0 Å². The lowest BCUT2D eigenvalue weighted by Crippen LogP contribution is -2.08. The number of benzene rings is 2. The van der Waals surface area contributed by atoms with E-state index in [-0.39, 0.29) is 5.88 Å². The fourth-order valence-corrected chi connectivity index (χ4v) is 3.31. The van der Waals surface area contributed by atoms with Crippen molar-refractivity contribution in [1.29, 1.82) is 0 Å². The number of aliphatic imine (C=N–C) groups is 1. The summed E-state index contributed by atoms with van der Waals surface area (Å²) in [7, 11) is 1.78. The predicted octanol–water partition coefficient (Wildman–Crippen LogP) is 5.05. The van der Waals surface area contributed by atoms with Gasteiger partial charge in [0.2, 0.25) is 5.88 Å². The van der Waals surface area contributed by atoms with Gasteiger partial charge in [-0.3, -0.25) is 9.56 Å². The SMILES string of the molecule is Cc1ccc(N=Cc2sc(=Nc3ccccc3C)n(C)c2O)cc1Cl. The van der Waals surface area contributed by atoms with Gasteiger partial charge in [-0.1, -0.05) is 47.2 Å². The van der Waals surface area contributed by atoms with Crippen molar-refractivity contribution >= 4 is 40.5 Å². The Hall–Kier alpha value is -2.37. The highest BCUT2D eigenvalue weighted by Crippen LogP contribution is 2.24. The maximum absolute atomic E-state index is 10.3. The molecular weight excluding hydrogens is 354 g/mol. The highest BCUT2D eigenvalue weighted by Gasteiger charge is 2.08. The van der Waals surface area contributed by atoms with Crippen LogP contribution in [0, 0.1) is 13.8 Å². The molecule has 4 nitrogen and oxygen atoms in total. The van der Waals surface area contributed by atoms with E-state index in [2.05, 4.69) is 9.98 Å². The molecule has 0 atom stereocenters. The molecule has 0 aliphatic heterocycles. The second kappa shape index (κ2) is 7.25. The minimum Gasteiger partial charge on any atom is -0.493 e. The summed E-state index contributed by atoms with van der Waals surface area (Å²) < 4.78 is 1.65. The van der Waals surface area contributed by atoms with E-state index in [9.17, 15) is 5.11 Å². The van der Waals surface area contributed by atoms with Crippen molar-refractivity contribution in [3.05, 3.63) is 68.3 Å². The fraction of sp³-hybridized carbons (Fsp3) is 0.158. The summed E-state index contributed by atoms with van der Waals surface area (Å²) in [5.41, 5.74) is 3.71. The molecule has 1 N–H and O–H groups in total. The summed E-state index contributed by atoms with van der Waals surface area (Å²) in [6.07, 6.45) is 1.64. The van der Waals surface area contributed by atoms with E-state index in [1.807, 2.05) is 50.2 Å². The van der Waals surface area contributed by atoms with E-state index >= 15 is 0 Å². The van der Waals surface area contributed by atoms with Gasteiger partial charge in [-0.15, -0.1) is 0 Å². The van der Waals surface area contributed by atoms with Crippen LogP contribution in [0.5, 0.6) is 5.88 Å². The van der Waals surface area contributed by atoms with E-state index in [1.165, 1.54) is 11.3 Å². The van der Waals surface area contributed by atoms with Crippen LogP contribution in [0.3, 0.4) is 0 Å². The molecule has 0 bridgehead atoms. The molecule has 128 valence electrons. The lowest BCUT2D eigenvalue weighted by atomic mass is 10.2. The normalized spacial score (nSPS) is 12.2. The molecule has 2 aromatic carbocycles. The van der Waals surface area contributed by atoms with Gasteiger partial charge in [0.25, 0.3) is 0 Å². The van der Waals surface area contributed by atoms with Crippen molar-refractivity contribution in [1.82, 2.24) is 4.57 Å². The molecule has 0 spiro atoms. The molecule has 1 aromatic heterocycles. The molecular formula is C19H18ClN3OS. The Morgan fingerprint density at radius 1 is 1.12 bits per heavy atom. The smallest absolute Gasteiger partial charge is 0.212 e. The van der Waals surface area contributed by atoms with Gasteiger partial charge in [-0.05, 0) is 43.2 Å². The van der Waals surface area contributed by atoms with Crippen molar-refractivity contribution in [3.63, 3.8) is 0 Å². The number of hydrogen-bond acceptors (Lipinski definition) is 4. The summed E-state index contributed by atoms with van der Waals surface area (Å²) in [6.45, 7) is 3.95. The Kier molecular flexibility index (Phi) is 5.06. The summed E-state index contributed by atoms with van der Waals surface area (Å²) in [5, 5.41) is 11.0. The number of hydrogen-bond donors (Lipinski definition) is 1. The van der Waals surface area contributed by atoms with Crippen LogP contribution in [0.1, 0.15) is 16.0 Å². The molecule has 0 saturated carbocycles. The topological polar surface area (TPSA) is 49.9 Å². The number of aromatic nitrogens is 1. The predicted molar refractivity (Wildman–Crippen MR) is 105 cm³/mol. The average Bonchev–Trinajstić information content (AvgIpc) is 2.86. The van der Waals surface area contributed by atoms with Gasteiger partial charge in [-0.25, -0.2) is 4.99 Å². The highest BCUT2D eigenvalue weighted by atomic mass is 35.5. The fourth-order valence-electron chi connectivity index (χ4n) is 2.24. The molecule has 0 aliphatic rings. The first kappa shape index (κ1) is 17.5. The minimum absolute atomic E-state index is 0.138. The number of halogens is 1. The van der Waals surface area contributed by atoms with E-state index in [0.717, 1.165) is 22.5 Å². The number of thiazole rings is 1. The van der Waals surface area contributed by atoms with Gasteiger partial charge in [0.1, 0.15) is 4.88 Å². The monoisotopic (exact) mass is 371 g/mol. The second-order valence-corrected chi connectivity index (χ2v) is 7.14. The number of rotatable bonds is 3. The maximum Gasteiger partial charge on any atom is 0.212 e. The molecule has 0 saturated heterocycles. The molecule has 0 aliphatic carbocycles. The third kappa shape index (κ3) is 3.83. The lowest BCUT2D eigenvalue weighted by molar-refractivity contribution is 0.428. The van der Waals surface area contributed by atoms with Crippen molar-refractivity contribution in [2.45, 2.75) is 13.8 Å². The first-order chi connectivity index (χ1) is 12.0. The van der Waals surface area contributed by atoms with Crippen LogP contribution in [0.4, 0.5) is 11.4 Å². The van der Waals surface area contributed by atoms with Gasteiger partial charge < -0.3 is 5.11 Å². The van der Waals surface area contributed by atoms with E-state index in [1.54, 1.807) is 23.9 Å². The van der Waals surface area contributed by atoms with Crippen LogP contribution in [-0.4, -0.2) is 15.9 Å². The zero-order valence-corrected chi connectivity index (χ0v) is 15.8. The first-order valence-corrected chi connectivity index (χ1v) is 8.94. The number of nitrogens with zero attached hydrogens (tertiary/aromatic N) is 3. The Labute approximate surface area is 155 Å². The summed E-state index contributed by atoms with van der Waals surface area (Å²) in [5.74, 6) is 0.138. The molecule has 3 aromatic rings. The number of aryl methyl sites for hydroxylation is 2. The average molecular weight is 372 g/mol. The van der Waals surface area contributed by atoms with E-state index in [0.29, 0.717) is 14.7 Å². The standard InChI is InChI=1S/C19H18ClN3OS/c1-12-8-9-14(10-15(12)20)21-11-17-18(24)23(3)19(25-17)22-16-7-5-4-6-13(16)2/h4-11,24H,1-3H3. The third-order valence-electron chi connectivity index (χ3n) is 3.84. The largest absolute Gasteiger partial charge is 0.493 e. The van der Waals surface area contributed by atoms with Crippen LogP contribution in [0.25, 0.3) is 0 Å². The van der Waals surface area contributed by atoms with Crippen LogP contribution in [0.2, 0.25) is 5.02 Å². The Morgan fingerprint density at radius 2 is 1.88 bits per heavy atom. The summed E-state index contributed by atoms with van der Waals surface area (Å²) >= 11 is 7.50. The zero-order valence-electron chi connectivity index (χ0n) is 14.2. The van der Waals surface area contributed by atoms with Gasteiger partial charge in [0.05, 0.1) is 17.6 Å². The minimum atomic E-state index is 0.138. The number of para-hydroxylation sites is 1. The Morgan fingerprint density at radius 3 is 2.60 bits per heavy atom. The molecule has 0 amide bonds. The maximum atomic E-state index is 10.3. The van der Waals surface area contributed by atoms with Crippen LogP contribution >= 0.6 is 22.9 Å². The molecule has 0 fully saturated rings. The first-order valence-electron chi connectivity index (χ1n) is 7.75. The van der Waals surface area contributed by atoms with Crippen molar-refractivity contribution in [2.24, 2.45) is 17.0 Å². The van der Waals surface area contributed by atoms with Gasteiger partial charge in [0.15, 0.2) is 4.80 Å². The Balaban J connectivity index is 1.97. The van der Waals surface area contributed by atoms with Crippen molar-refractivity contribution in [3.8, 4) is 5.88 Å². The van der Waals surface area contributed by atoms with Crippen LogP contribution in [-0.2, 0) is 7.05 Å². The molecule has 0 radical (unpaired) electrons. The molecule has 25 heavy (non-hydrogen) atoms. The molecule has 6 heteroatoms. The quantitative estimate of drug-likeness (QED) is 0.644. The van der Waals surface area contributed by atoms with E-state index < -0.39 is 0 Å². The summed E-state index contributed by atoms with van der Waals surface area (Å²) in [4.78, 5) is 10.4. The van der Waals surface area contributed by atoms with Crippen LogP contribution < -0.4 is 4.80 Å². The molecule has 1 heterocycles. The second-order valence-electron chi connectivity index (χ2n) is 5.72. The highest BCUT2D eigenvalue weighted by molar-refractivity contribution is 7.11. The Bertz CT molecular complexity index is 1020. The lowest BCUT2D eigenvalue weighted by Gasteiger charge is -1.99. The third-order valence-corrected chi connectivity index (χ3v) is 5.31. The number of aromatic hydroxyl groups is 1. The molecule has 0 unspecified atom stereocenters. The van der Waals surface area contributed by atoms with Crippen molar-refractivity contribution < 1.29 is 5.11 Å². The zero-order chi connectivity index (χ0) is 18.0.